The van der Waals surface area contributed by atoms with Gasteiger partial charge in [0.05, 0.1) is 12.6 Å². The molecule has 3 rings (SSSR count). The van der Waals surface area contributed by atoms with E-state index in [1.807, 2.05) is 14.0 Å². The van der Waals surface area contributed by atoms with Crippen LogP contribution < -0.4 is 10.1 Å². The van der Waals surface area contributed by atoms with Crippen LogP contribution in [0.5, 0.6) is 5.88 Å². The van der Waals surface area contributed by atoms with E-state index >= 15 is 0 Å². The highest BCUT2D eigenvalue weighted by Crippen LogP contribution is 2.28. The first-order valence-corrected chi connectivity index (χ1v) is 10.8. The lowest BCUT2D eigenvalue weighted by atomic mass is 10.00. The predicted molar refractivity (Wildman–Crippen MR) is 113 cm³/mol. The number of rotatable bonds is 5. The van der Waals surface area contributed by atoms with Gasteiger partial charge in [0.2, 0.25) is 5.88 Å². The third kappa shape index (κ3) is 5.29. The van der Waals surface area contributed by atoms with Crippen LogP contribution in [-0.4, -0.2) is 59.8 Å². The summed E-state index contributed by atoms with van der Waals surface area (Å²) in [4.78, 5) is 19.4. The van der Waals surface area contributed by atoms with Crippen LogP contribution in [0.25, 0.3) is 0 Å². The Morgan fingerprint density at radius 2 is 2.17 bits per heavy atom. The number of nitrogens with zero attached hydrogens (tertiary/aromatic N) is 2. The Kier molecular flexibility index (Phi) is 7.51. The van der Waals surface area contributed by atoms with Crippen molar-refractivity contribution in [3.05, 3.63) is 23.4 Å². The quantitative estimate of drug-likeness (QED) is 0.744. The van der Waals surface area contributed by atoms with Crippen LogP contribution in [0.15, 0.2) is 12.3 Å². The Balaban J connectivity index is 1.89. The summed E-state index contributed by atoms with van der Waals surface area (Å²) >= 11 is 0. The average Bonchev–Trinajstić information content (AvgIpc) is 3.24. The van der Waals surface area contributed by atoms with Crippen molar-refractivity contribution in [3.63, 3.8) is 0 Å². The smallest absolute Gasteiger partial charge is 0.259 e. The zero-order chi connectivity index (χ0) is 20.8. The molecule has 1 saturated carbocycles. The summed E-state index contributed by atoms with van der Waals surface area (Å²) in [5, 5.41) is 12.8. The number of aromatic nitrogens is 1. The third-order valence-electron chi connectivity index (χ3n) is 6.02. The van der Waals surface area contributed by atoms with E-state index in [2.05, 4.69) is 29.1 Å². The fourth-order valence-corrected chi connectivity index (χ4v) is 4.13. The SMILES string of the molecule is CNC[C@@H]1Oc2ncc(C#CCC3CCCC3)cc2C(=O)N([C@H](C)CO)C[C@@H]1C. The summed E-state index contributed by atoms with van der Waals surface area (Å²) < 4.78 is 6.13. The molecule has 158 valence electrons. The van der Waals surface area contributed by atoms with Gasteiger partial charge in [-0.2, -0.15) is 0 Å². The van der Waals surface area contributed by atoms with Crippen molar-refractivity contribution in [3.8, 4) is 17.7 Å². The second-order valence-corrected chi connectivity index (χ2v) is 8.41. The van der Waals surface area contributed by atoms with Gasteiger partial charge in [-0.1, -0.05) is 31.6 Å². The molecular formula is C23H33N3O3. The lowest BCUT2D eigenvalue weighted by molar-refractivity contribution is 0.0404. The van der Waals surface area contributed by atoms with Crippen LogP contribution in [0.4, 0.5) is 0 Å². The van der Waals surface area contributed by atoms with Gasteiger partial charge in [0.25, 0.3) is 5.91 Å². The van der Waals surface area contributed by atoms with Gasteiger partial charge in [0.15, 0.2) is 0 Å². The van der Waals surface area contributed by atoms with Crippen molar-refractivity contribution in [2.24, 2.45) is 11.8 Å². The first-order valence-electron chi connectivity index (χ1n) is 10.8. The summed E-state index contributed by atoms with van der Waals surface area (Å²) in [5.41, 5.74) is 1.15. The van der Waals surface area contributed by atoms with Gasteiger partial charge in [-0.15, -0.1) is 0 Å². The number of ether oxygens (including phenoxy) is 1. The summed E-state index contributed by atoms with van der Waals surface area (Å²) in [6, 6.07) is 1.51. The van der Waals surface area contributed by atoms with Gasteiger partial charge in [-0.25, -0.2) is 4.98 Å². The number of aliphatic hydroxyl groups is 1. The Bertz CT molecular complexity index is 764. The number of amides is 1. The second-order valence-electron chi connectivity index (χ2n) is 8.41. The number of hydrogen-bond acceptors (Lipinski definition) is 5. The highest BCUT2D eigenvalue weighted by atomic mass is 16.5. The molecule has 1 amide bonds. The van der Waals surface area contributed by atoms with E-state index in [1.54, 1.807) is 17.2 Å². The van der Waals surface area contributed by atoms with Crippen molar-refractivity contribution >= 4 is 5.91 Å². The van der Waals surface area contributed by atoms with Gasteiger partial charge in [-0.3, -0.25) is 4.79 Å². The predicted octanol–water partition coefficient (Wildman–Crippen LogP) is 2.45. The fourth-order valence-electron chi connectivity index (χ4n) is 4.13. The van der Waals surface area contributed by atoms with E-state index in [4.69, 9.17) is 4.74 Å². The maximum absolute atomic E-state index is 13.3. The van der Waals surface area contributed by atoms with E-state index in [0.29, 0.717) is 30.5 Å². The number of nitrogens with one attached hydrogen (secondary N) is 1. The topological polar surface area (TPSA) is 74.7 Å². The molecule has 1 aromatic rings. The molecule has 0 bridgehead atoms. The normalized spacial score (nSPS) is 23.4. The van der Waals surface area contributed by atoms with Crippen LogP contribution in [0.1, 0.15) is 61.9 Å². The summed E-state index contributed by atoms with van der Waals surface area (Å²) in [6.45, 7) is 5.00. The zero-order valence-corrected chi connectivity index (χ0v) is 17.8. The minimum absolute atomic E-state index is 0.0837. The molecule has 6 heteroatoms. The van der Waals surface area contributed by atoms with Crippen LogP contribution in [-0.2, 0) is 0 Å². The molecule has 0 radical (unpaired) electrons. The Morgan fingerprint density at radius 1 is 1.41 bits per heavy atom. The average molecular weight is 400 g/mol. The number of carbonyl (C=O) groups is 1. The molecule has 3 atom stereocenters. The van der Waals surface area contributed by atoms with Crippen molar-refractivity contribution in [2.45, 2.75) is 58.1 Å². The molecule has 1 aromatic heterocycles. The highest BCUT2D eigenvalue weighted by Gasteiger charge is 2.33. The van der Waals surface area contributed by atoms with Gasteiger partial charge in [0.1, 0.15) is 11.7 Å². The molecule has 6 nitrogen and oxygen atoms in total. The lowest BCUT2D eigenvalue weighted by Gasteiger charge is -2.36. The molecule has 0 spiro atoms. The number of likely N-dealkylation sites (N-methyl/N-ethyl adjacent to an activating group) is 1. The first-order chi connectivity index (χ1) is 14.0. The van der Waals surface area contributed by atoms with Crippen LogP contribution in [0, 0.1) is 23.7 Å². The second kappa shape index (κ2) is 10.1. The van der Waals surface area contributed by atoms with Crippen LogP contribution in [0.3, 0.4) is 0 Å². The standard InChI is InChI=1S/C23H33N3O3/c1-16-14-26(17(2)15-27)23(28)20-11-19(10-6-9-18-7-4-5-8-18)12-25-22(20)29-21(16)13-24-3/h11-12,16-18,21,24,27H,4-5,7-9,13-15H2,1-3H3/t16-,17+,21-/m0/s1. The number of aliphatic hydroxyl groups excluding tert-OH is 1. The zero-order valence-electron chi connectivity index (χ0n) is 17.8. The largest absolute Gasteiger partial charge is 0.472 e. The molecule has 2 aliphatic rings. The molecule has 0 aromatic carbocycles. The minimum atomic E-state index is -0.275. The van der Waals surface area contributed by atoms with Crippen molar-refractivity contribution in [1.29, 1.82) is 0 Å². The first kappa shape index (κ1) is 21.6. The van der Waals surface area contributed by atoms with E-state index in [-0.39, 0.29) is 30.6 Å². The summed E-state index contributed by atoms with van der Waals surface area (Å²) in [6.07, 6.45) is 7.62. The molecular weight excluding hydrogens is 366 g/mol. The van der Waals surface area contributed by atoms with Gasteiger partial charge in [-0.05, 0) is 38.8 Å². The van der Waals surface area contributed by atoms with E-state index in [9.17, 15) is 9.90 Å². The van der Waals surface area contributed by atoms with Gasteiger partial charge in [0, 0.05) is 37.2 Å². The highest BCUT2D eigenvalue weighted by molar-refractivity contribution is 5.97. The van der Waals surface area contributed by atoms with Crippen LogP contribution >= 0.6 is 0 Å². The van der Waals surface area contributed by atoms with Gasteiger partial charge >= 0.3 is 0 Å². The fraction of sp³-hybridized carbons (Fsp3) is 0.652. The summed E-state index contributed by atoms with van der Waals surface area (Å²) in [7, 11) is 1.88. The molecule has 29 heavy (non-hydrogen) atoms. The molecule has 2 heterocycles. The van der Waals surface area contributed by atoms with Crippen molar-refractivity contribution < 1.29 is 14.6 Å². The number of fused-ring (bicyclic) bond motifs is 1. The monoisotopic (exact) mass is 399 g/mol. The minimum Gasteiger partial charge on any atom is -0.472 e. The van der Waals surface area contributed by atoms with Gasteiger partial charge < -0.3 is 20.1 Å². The molecule has 1 aliphatic heterocycles. The molecule has 0 unspecified atom stereocenters. The van der Waals surface area contributed by atoms with Crippen molar-refractivity contribution in [1.82, 2.24) is 15.2 Å². The lowest BCUT2D eigenvalue weighted by Crippen LogP contribution is -2.49. The Morgan fingerprint density at radius 3 is 2.86 bits per heavy atom. The maximum atomic E-state index is 13.3. The molecule has 1 fully saturated rings. The Labute approximate surface area is 174 Å². The molecule has 0 saturated heterocycles. The van der Waals surface area contributed by atoms with Crippen molar-refractivity contribution in [2.75, 3.05) is 26.7 Å². The van der Waals surface area contributed by atoms with E-state index < -0.39 is 0 Å². The maximum Gasteiger partial charge on any atom is 0.259 e. The number of pyridine rings is 1. The summed E-state index contributed by atoms with van der Waals surface area (Å²) in [5.74, 6) is 7.43. The van der Waals surface area contributed by atoms with E-state index in [0.717, 1.165) is 12.0 Å². The van der Waals surface area contributed by atoms with Crippen LogP contribution in [0.2, 0.25) is 0 Å². The molecule has 2 N–H and O–H groups in total. The number of carbonyl (C=O) groups excluding carboxylic acids is 1. The Hall–Kier alpha value is -2.10. The molecule has 1 aliphatic carbocycles. The van der Waals surface area contributed by atoms with E-state index in [1.165, 1.54) is 25.7 Å². The number of hydrogen-bond donors (Lipinski definition) is 2. The third-order valence-corrected chi connectivity index (χ3v) is 6.02.